The molecule has 1 fully saturated rings. The molecular weight excluding hydrogens is 271 g/mol. The topological polar surface area (TPSA) is 49.4 Å². The highest BCUT2D eigenvalue weighted by atomic mass is 19.1. The van der Waals surface area contributed by atoms with E-state index >= 15 is 0 Å². The summed E-state index contributed by atoms with van der Waals surface area (Å²) in [6.45, 7) is 7.70. The summed E-state index contributed by atoms with van der Waals surface area (Å²) in [7, 11) is 0. The molecule has 1 aromatic rings. The van der Waals surface area contributed by atoms with Gasteiger partial charge in [-0.1, -0.05) is 20.8 Å². The van der Waals surface area contributed by atoms with E-state index in [9.17, 15) is 14.0 Å². The van der Waals surface area contributed by atoms with E-state index in [0.717, 1.165) is 0 Å². The largest absolute Gasteiger partial charge is 0.344 e. The van der Waals surface area contributed by atoms with Crippen LogP contribution >= 0.6 is 0 Å². The lowest BCUT2D eigenvalue weighted by atomic mass is 9.86. The molecule has 1 aromatic carbocycles. The number of anilines is 1. The Morgan fingerprint density at radius 3 is 2.52 bits per heavy atom. The molecule has 4 nitrogen and oxygen atoms in total. The summed E-state index contributed by atoms with van der Waals surface area (Å²) in [6.07, 6.45) is 0.245. The standard InChI is InChI=1S/C16H21FN2O2/c1-10-9-11(5-6-12(10)17)19-8-7-13(20)18-14(15(19)21)16(2,3)4/h5-6,9,14H,7-8H2,1-4H3,(H,18,20). The molecule has 1 heterocycles. The Kier molecular flexibility index (Phi) is 4.03. The van der Waals surface area contributed by atoms with E-state index in [-0.39, 0.29) is 29.5 Å². The number of amides is 2. The van der Waals surface area contributed by atoms with Crippen LogP contribution < -0.4 is 10.2 Å². The zero-order valence-corrected chi connectivity index (χ0v) is 12.9. The summed E-state index contributed by atoms with van der Waals surface area (Å²) in [5.74, 6) is -0.591. The Hall–Kier alpha value is -1.91. The quantitative estimate of drug-likeness (QED) is 0.864. The number of rotatable bonds is 1. The fraction of sp³-hybridized carbons (Fsp3) is 0.500. The van der Waals surface area contributed by atoms with Gasteiger partial charge in [0.05, 0.1) is 0 Å². The van der Waals surface area contributed by atoms with Crippen molar-refractivity contribution in [1.82, 2.24) is 5.32 Å². The zero-order chi connectivity index (χ0) is 15.8. The third-order valence-electron chi connectivity index (χ3n) is 3.70. The second-order valence-electron chi connectivity index (χ2n) is 6.54. The van der Waals surface area contributed by atoms with Crippen molar-refractivity contribution in [2.24, 2.45) is 5.41 Å². The molecule has 5 heteroatoms. The summed E-state index contributed by atoms with van der Waals surface area (Å²) in [4.78, 5) is 26.2. The smallest absolute Gasteiger partial charge is 0.250 e. The SMILES string of the molecule is Cc1cc(N2CCC(=O)NC(C(C)(C)C)C2=O)ccc1F. The lowest BCUT2D eigenvalue weighted by molar-refractivity contribution is -0.127. The molecule has 1 aliphatic rings. The molecule has 0 spiro atoms. The Bertz CT molecular complexity index is 578. The van der Waals surface area contributed by atoms with Crippen molar-refractivity contribution < 1.29 is 14.0 Å². The molecule has 0 saturated carbocycles. The molecular formula is C16H21FN2O2. The van der Waals surface area contributed by atoms with Gasteiger partial charge in [0.15, 0.2) is 0 Å². The van der Waals surface area contributed by atoms with Crippen molar-refractivity contribution in [3.05, 3.63) is 29.6 Å². The van der Waals surface area contributed by atoms with Gasteiger partial charge in [-0.15, -0.1) is 0 Å². The Morgan fingerprint density at radius 2 is 1.95 bits per heavy atom. The number of hydrogen-bond donors (Lipinski definition) is 1. The minimum Gasteiger partial charge on any atom is -0.344 e. The number of halogens is 1. The zero-order valence-electron chi connectivity index (χ0n) is 12.9. The van der Waals surface area contributed by atoms with Crippen LogP contribution in [0.4, 0.5) is 10.1 Å². The number of carbonyl (C=O) groups excluding carboxylic acids is 2. The summed E-state index contributed by atoms with van der Waals surface area (Å²) in [5, 5.41) is 2.79. The van der Waals surface area contributed by atoms with Gasteiger partial charge >= 0.3 is 0 Å². The first-order valence-electron chi connectivity index (χ1n) is 7.07. The van der Waals surface area contributed by atoms with Gasteiger partial charge in [-0.05, 0) is 36.1 Å². The van der Waals surface area contributed by atoms with Crippen molar-refractivity contribution in [2.75, 3.05) is 11.4 Å². The van der Waals surface area contributed by atoms with Crippen molar-refractivity contribution >= 4 is 17.5 Å². The first kappa shape index (κ1) is 15.5. The van der Waals surface area contributed by atoms with Crippen molar-refractivity contribution in [3.63, 3.8) is 0 Å². The van der Waals surface area contributed by atoms with Gasteiger partial charge in [0, 0.05) is 18.7 Å². The van der Waals surface area contributed by atoms with Crippen LogP contribution in [0.1, 0.15) is 32.8 Å². The maximum Gasteiger partial charge on any atom is 0.250 e. The molecule has 0 radical (unpaired) electrons. The summed E-state index contributed by atoms with van der Waals surface area (Å²) >= 11 is 0. The average Bonchev–Trinajstić information content (AvgIpc) is 2.52. The van der Waals surface area contributed by atoms with E-state index in [1.54, 1.807) is 24.0 Å². The second kappa shape index (κ2) is 5.47. The van der Waals surface area contributed by atoms with Crippen LogP contribution in [0.5, 0.6) is 0 Å². The predicted molar refractivity (Wildman–Crippen MR) is 79.5 cm³/mol. The normalized spacial score (nSPS) is 20.2. The third-order valence-corrected chi connectivity index (χ3v) is 3.70. The molecule has 21 heavy (non-hydrogen) atoms. The van der Waals surface area contributed by atoms with Crippen LogP contribution in [0.2, 0.25) is 0 Å². The van der Waals surface area contributed by atoms with Gasteiger partial charge in [-0.25, -0.2) is 4.39 Å². The van der Waals surface area contributed by atoms with Gasteiger partial charge in [0.1, 0.15) is 11.9 Å². The van der Waals surface area contributed by atoms with E-state index < -0.39 is 6.04 Å². The minimum atomic E-state index is -0.585. The first-order chi connectivity index (χ1) is 9.70. The summed E-state index contributed by atoms with van der Waals surface area (Å²) in [6, 6.07) is 3.99. The van der Waals surface area contributed by atoms with Crippen LogP contribution in [-0.2, 0) is 9.59 Å². The van der Waals surface area contributed by atoms with Crippen LogP contribution in [0, 0.1) is 18.2 Å². The number of benzene rings is 1. The third kappa shape index (κ3) is 3.23. The van der Waals surface area contributed by atoms with Crippen LogP contribution in [0.25, 0.3) is 0 Å². The minimum absolute atomic E-state index is 0.135. The molecule has 0 bridgehead atoms. The van der Waals surface area contributed by atoms with Crippen molar-refractivity contribution in [1.29, 1.82) is 0 Å². The number of nitrogens with zero attached hydrogens (tertiary/aromatic N) is 1. The first-order valence-corrected chi connectivity index (χ1v) is 7.07. The second-order valence-corrected chi connectivity index (χ2v) is 6.54. The molecule has 2 rings (SSSR count). The Labute approximate surface area is 124 Å². The highest BCUT2D eigenvalue weighted by Gasteiger charge is 2.38. The Morgan fingerprint density at radius 1 is 1.29 bits per heavy atom. The summed E-state index contributed by atoms with van der Waals surface area (Å²) in [5.41, 5.74) is 0.727. The lowest BCUT2D eigenvalue weighted by Crippen LogP contribution is -2.52. The molecule has 0 aromatic heterocycles. The highest BCUT2D eigenvalue weighted by molar-refractivity contribution is 6.01. The predicted octanol–water partition coefficient (Wildman–Crippen LogP) is 2.40. The van der Waals surface area contributed by atoms with Crippen LogP contribution in [0.15, 0.2) is 18.2 Å². The number of hydrogen-bond acceptors (Lipinski definition) is 2. The maximum atomic E-state index is 13.4. The fourth-order valence-electron chi connectivity index (χ4n) is 2.41. The average molecular weight is 292 g/mol. The Balaban J connectivity index is 2.39. The molecule has 114 valence electrons. The van der Waals surface area contributed by atoms with Gasteiger partial charge < -0.3 is 10.2 Å². The van der Waals surface area contributed by atoms with Gasteiger partial charge in [0.2, 0.25) is 11.8 Å². The van der Waals surface area contributed by atoms with Gasteiger partial charge in [0.25, 0.3) is 0 Å². The molecule has 1 N–H and O–H groups in total. The lowest BCUT2D eigenvalue weighted by Gasteiger charge is -2.32. The van der Waals surface area contributed by atoms with Crippen molar-refractivity contribution in [3.8, 4) is 0 Å². The molecule has 1 unspecified atom stereocenters. The monoisotopic (exact) mass is 292 g/mol. The molecule has 1 saturated heterocycles. The van der Waals surface area contributed by atoms with E-state index in [2.05, 4.69) is 5.32 Å². The molecule has 1 atom stereocenters. The fourth-order valence-corrected chi connectivity index (χ4v) is 2.41. The van der Waals surface area contributed by atoms with E-state index in [0.29, 0.717) is 17.8 Å². The maximum absolute atomic E-state index is 13.4. The van der Waals surface area contributed by atoms with E-state index in [1.165, 1.54) is 6.07 Å². The van der Waals surface area contributed by atoms with Crippen LogP contribution in [-0.4, -0.2) is 24.4 Å². The van der Waals surface area contributed by atoms with E-state index in [1.807, 2.05) is 20.8 Å². The highest BCUT2D eigenvalue weighted by Crippen LogP contribution is 2.27. The van der Waals surface area contributed by atoms with Crippen LogP contribution in [0.3, 0.4) is 0 Å². The molecule has 2 amide bonds. The van der Waals surface area contributed by atoms with E-state index in [4.69, 9.17) is 0 Å². The number of carbonyl (C=O) groups is 2. The molecule has 1 aliphatic heterocycles. The molecule has 0 aliphatic carbocycles. The number of aryl methyl sites for hydroxylation is 1. The van der Waals surface area contributed by atoms with Gasteiger partial charge in [-0.3, -0.25) is 9.59 Å². The van der Waals surface area contributed by atoms with Gasteiger partial charge in [-0.2, -0.15) is 0 Å². The number of nitrogens with one attached hydrogen (secondary N) is 1. The van der Waals surface area contributed by atoms with Crippen molar-refractivity contribution in [2.45, 2.75) is 40.2 Å². The summed E-state index contributed by atoms with van der Waals surface area (Å²) < 4.78 is 13.4.